The van der Waals surface area contributed by atoms with Crippen molar-refractivity contribution in [2.75, 3.05) is 18.5 Å². The molecule has 1 aromatic rings. The van der Waals surface area contributed by atoms with Crippen LogP contribution in [0.1, 0.15) is 38.9 Å². The van der Waals surface area contributed by atoms with Gasteiger partial charge in [-0.2, -0.15) is 5.10 Å². The fourth-order valence-corrected chi connectivity index (χ4v) is 2.30. The minimum atomic E-state index is -0.372. The molecular formula is C12H20N4O3. The van der Waals surface area contributed by atoms with Crippen LogP contribution < -0.4 is 5.32 Å². The highest BCUT2D eigenvalue weighted by Crippen LogP contribution is 2.34. The minimum Gasteiger partial charge on any atom is -0.379 e. The molecule has 2 rings (SSSR count). The van der Waals surface area contributed by atoms with Crippen LogP contribution in [0.25, 0.3) is 0 Å². The van der Waals surface area contributed by atoms with Crippen LogP contribution in [-0.2, 0) is 4.74 Å². The smallest absolute Gasteiger partial charge is 0.333 e. The van der Waals surface area contributed by atoms with Gasteiger partial charge in [0.25, 0.3) is 0 Å². The Kier molecular flexibility index (Phi) is 3.49. The van der Waals surface area contributed by atoms with E-state index in [0.29, 0.717) is 24.7 Å². The molecule has 1 aromatic heterocycles. The lowest BCUT2D eigenvalue weighted by atomic mass is 10.0. The molecule has 19 heavy (non-hydrogen) atoms. The highest BCUT2D eigenvalue weighted by Gasteiger charge is 2.35. The summed E-state index contributed by atoms with van der Waals surface area (Å²) < 4.78 is 7.06. The van der Waals surface area contributed by atoms with E-state index in [2.05, 4.69) is 10.4 Å². The van der Waals surface area contributed by atoms with Crippen LogP contribution in [-0.4, -0.2) is 33.5 Å². The zero-order chi connectivity index (χ0) is 14.2. The van der Waals surface area contributed by atoms with Gasteiger partial charge in [0.2, 0.25) is 5.82 Å². The summed E-state index contributed by atoms with van der Waals surface area (Å²) in [5.41, 5.74) is 0.217. The van der Waals surface area contributed by atoms with Gasteiger partial charge in [0.15, 0.2) is 0 Å². The fraction of sp³-hybridized carbons (Fsp3) is 0.750. The van der Waals surface area contributed by atoms with Crippen molar-refractivity contribution in [1.82, 2.24) is 9.78 Å². The summed E-state index contributed by atoms with van der Waals surface area (Å²) in [6.45, 7) is 8.80. The molecule has 2 heterocycles. The van der Waals surface area contributed by atoms with Crippen LogP contribution >= 0.6 is 0 Å². The first-order valence-corrected chi connectivity index (χ1v) is 6.43. The van der Waals surface area contributed by atoms with Crippen LogP contribution in [0.2, 0.25) is 0 Å². The van der Waals surface area contributed by atoms with Crippen molar-refractivity contribution in [1.29, 1.82) is 0 Å². The Balaban J connectivity index is 2.43. The largest absolute Gasteiger partial charge is 0.379 e. The van der Waals surface area contributed by atoms with Gasteiger partial charge in [0, 0.05) is 12.6 Å². The maximum Gasteiger partial charge on any atom is 0.333 e. The maximum atomic E-state index is 11.2. The average molecular weight is 268 g/mol. The van der Waals surface area contributed by atoms with Gasteiger partial charge in [-0.1, -0.05) is 0 Å². The third kappa shape index (κ3) is 2.56. The number of nitro groups is 1. The summed E-state index contributed by atoms with van der Waals surface area (Å²) in [5, 5.41) is 18.8. The summed E-state index contributed by atoms with van der Waals surface area (Å²) in [6.07, 6.45) is 0.826. The van der Waals surface area contributed by atoms with Gasteiger partial charge >= 0.3 is 5.69 Å². The summed E-state index contributed by atoms with van der Waals surface area (Å²) in [4.78, 5) is 10.9. The number of anilines is 1. The number of rotatable bonds is 4. The van der Waals surface area contributed by atoms with Crippen molar-refractivity contribution in [3.63, 3.8) is 0 Å². The Bertz CT molecular complexity index is 489. The molecule has 106 valence electrons. The molecule has 1 fully saturated rings. The molecule has 1 unspecified atom stereocenters. The molecular weight excluding hydrogens is 248 g/mol. The summed E-state index contributed by atoms with van der Waals surface area (Å²) in [6, 6.07) is 0.0563. The van der Waals surface area contributed by atoms with Crippen LogP contribution in [0.5, 0.6) is 0 Å². The Hall–Kier alpha value is -1.63. The molecule has 0 aromatic carbocycles. The molecule has 7 heteroatoms. The quantitative estimate of drug-likeness (QED) is 0.669. The molecule has 0 spiro atoms. The van der Waals surface area contributed by atoms with Gasteiger partial charge < -0.3 is 10.1 Å². The summed E-state index contributed by atoms with van der Waals surface area (Å²) >= 11 is 0. The van der Waals surface area contributed by atoms with Gasteiger partial charge in [0.1, 0.15) is 5.69 Å². The van der Waals surface area contributed by atoms with E-state index < -0.39 is 0 Å². The number of nitrogens with one attached hydrogen (secondary N) is 1. The average Bonchev–Trinajstić information content (AvgIpc) is 2.83. The number of ether oxygens (including phenoxy) is 1. The molecule has 7 nitrogen and oxygen atoms in total. The van der Waals surface area contributed by atoms with E-state index in [-0.39, 0.29) is 22.2 Å². The number of hydrogen-bond donors (Lipinski definition) is 1. The third-order valence-electron chi connectivity index (χ3n) is 3.36. The number of aryl methyl sites for hydroxylation is 1. The Morgan fingerprint density at radius 3 is 2.74 bits per heavy atom. The Morgan fingerprint density at radius 2 is 2.26 bits per heavy atom. The molecule has 0 saturated carbocycles. The van der Waals surface area contributed by atoms with Crippen molar-refractivity contribution in [2.24, 2.45) is 0 Å². The predicted octanol–water partition coefficient (Wildman–Crippen LogP) is 2.27. The van der Waals surface area contributed by atoms with Crippen molar-refractivity contribution in [3.8, 4) is 0 Å². The topological polar surface area (TPSA) is 82.2 Å². The van der Waals surface area contributed by atoms with E-state index >= 15 is 0 Å². The van der Waals surface area contributed by atoms with E-state index in [4.69, 9.17) is 4.74 Å². The lowest BCUT2D eigenvalue weighted by molar-refractivity contribution is -0.384. The molecule has 1 saturated heterocycles. The molecule has 1 atom stereocenters. The monoisotopic (exact) mass is 268 g/mol. The van der Waals surface area contributed by atoms with E-state index in [1.165, 1.54) is 0 Å². The highest BCUT2D eigenvalue weighted by atomic mass is 16.6. The van der Waals surface area contributed by atoms with Crippen molar-refractivity contribution < 1.29 is 9.66 Å². The molecule has 1 aliphatic heterocycles. The van der Waals surface area contributed by atoms with Gasteiger partial charge in [-0.05, 0) is 34.1 Å². The molecule has 1 N–H and O–H groups in total. The van der Waals surface area contributed by atoms with Gasteiger partial charge in [0.05, 0.1) is 17.1 Å². The standard InChI is InChI=1S/C12H20N4O3/c1-8(2)15-11(10(16(17)18)9(3)14-15)13-12(4)5-6-19-7-12/h8,13H,5-7H2,1-4H3. The lowest BCUT2D eigenvalue weighted by Gasteiger charge is -2.25. The summed E-state index contributed by atoms with van der Waals surface area (Å²) in [7, 11) is 0. The van der Waals surface area contributed by atoms with Gasteiger partial charge in [-0.3, -0.25) is 10.1 Å². The van der Waals surface area contributed by atoms with E-state index in [1.54, 1.807) is 11.6 Å². The second kappa shape index (κ2) is 4.80. The van der Waals surface area contributed by atoms with Crippen LogP contribution in [0, 0.1) is 17.0 Å². The minimum absolute atomic E-state index is 0.0563. The van der Waals surface area contributed by atoms with Gasteiger partial charge in [-0.25, -0.2) is 4.68 Å². The maximum absolute atomic E-state index is 11.2. The Labute approximate surface area is 112 Å². The van der Waals surface area contributed by atoms with Crippen molar-refractivity contribution in [3.05, 3.63) is 15.8 Å². The predicted molar refractivity (Wildman–Crippen MR) is 71.5 cm³/mol. The van der Waals surface area contributed by atoms with E-state index in [1.807, 2.05) is 20.8 Å². The first-order chi connectivity index (χ1) is 8.84. The first kappa shape index (κ1) is 13.8. The lowest BCUT2D eigenvalue weighted by Crippen LogP contribution is -2.36. The normalized spacial score (nSPS) is 23.0. The SMILES string of the molecule is Cc1nn(C(C)C)c(NC2(C)CCOC2)c1[N+](=O)[O-]. The second-order valence-electron chi connectivity index (χ2n) is 5.57. The molecule has 0 aliphatic carbocycles. The number of nitrogens with zero attached hydrogens (tertiary/aromatic N) is 3. The third-order valence-corrected chi connectivity index (χ3v) is 3.36. The number of hydrogen-bond acceptors (Lipinski definition) is 5. The number of aromatic nitrogens is 2. The highest BCUT2D eigenvalue weighted by molar-refractivity contribution is 5.61. The van der Waals surface area contributed by atoms with Crippen LogP contribution in [0.15, 0.2) is 0 Å². The van der Waals surface area contributed by atoms with Crippen LogP contribution in [0.3, 0.4) is 0 Å². The second-order valence-corrected chi connectivity index (χ2v) is 5.57. The van der Waals surface area contributed by atoms with E-state index in [9.17, 15) is 10.1 Å². The fourth-order valence-electron chi connectivity index (χ4n) is 2.30. The molecule has 1 aliphatic rings. The zero-order valence-electron chi connectivity index (χ0n) is 11.8. The summed E-state index contributed by atoms with van der Waals surface area (Å²) in [5.74, 6) is 0.477. The molecule has 0 radical (unpaired) electrons. The van der Waals surface area contributed by atoms with Crippen molar-refractivity contribution >= 4 is 11.5 Å². The Morgan fingerprint density at radius 1 is 1.58 bits per heavy atom. The van der Waals surface area contributed by atoms with E-state index in [0.717, 1.165) is 6.42 Å². The van der Waals surface area contributed by atoms with Crippen LogP contribution in [0.4, 0.5) is 11.5 Å². The molecule has 0 amide bonds. The zero-order valence-corrected chi connectivity index (χ0v) is 11.8. The van der Waals surface area contributed by atoms with Crippen molar-refractivity contribution in [2.45, 2.75) is 45.7 Å². The molecule has 0 bridgehead atoms. The first-order valence-electron chi connectivity index (χ1n) is 6.43. The van der Waals surface area contributed by atoms with Gasteiger partial charge in [-0.15, -0.1) is 0 Å².